The summed E-state index contributed by atoms with van der Waals surface area (Å²) >= 11 is 10.6. The molecule has 0 spiro atoms. The van der Waals surface area contributed by atoms with Crippen LogP contribution < -0.4 is 0 Å². The molecule has 0 fully saturated rings. The molecule has 3 nitrogen and oxygen atoms in total. The predicted octanol–water partition coefficient (Wildman–Crippen LogP) is 3.92. The summed E-state index contributed by atoms with van der Waals surface area (Å²) in [4.78, 5) is 9.32. The number of benzene rings is 1. The quantitative estimate of drug-likeness (QED) is 0.567. The van der Waals surface area contributed by atoms with Crippen molar-refractivity contribution in [1.82, 2.24) is 0 Å². The van der Waals surface area contributed by atoms with Gasteiger partial charge in [-0.3, -0.25) is 10.1 Å². The van der Waals surface area contributed by atoms with Crippen LogP contribution in [-0.2, 0) is 6.18 Å². The lowest BCUT2D eigenvalue weighted by molar-refractivity contribution is -0.385. The number of halogens is 5. The summed E-state index contributed by atoms with van der Waals surface area (Å²) in [6.45, 7) is 0. The first-order valence-corrected chi connectivity index (χ1v) is 4.19. The van der Waals surface area contributed by atoms with Gasteiger partial charge in [0.25, 0.3) is 5.69 Å². The molecule has 1 rings (SSSR count). The fourth-order valence-electron chi connectivity index (χ4n) is 0.895. The van der Waals surface area contributed by atoms with Crippen LogP contribution in [-0.4, -0.2) is 4.92 Å². The molecule has 0 unspecified atom stereocenters. The first-order chi connectivity index (χ1) is 6.73. The highest BCUT2D eigenvalue weighted by Gasteiger charge is 2.35. The summed E-state index contributed by atoms with van der Waals surface area (Å²) in [5, 5.41) is 9.22. The van der Waals surface area contributed by atoms with E-state index in [0.29, 0.717) is 12.1 Å². The van der Waals surface area contributed by atoms with Crippen molar-refractivity contribution in [3.8, 4) is 0 Å². The summed E-state index contributed by atoms with van der Waals surface area (Å²) in [6.07, 6.45) is -4.74. The number of rotatable bonds is 1. The van der Waals surface area contributed by atoms with E-state index in [9.17, 15) is 23.3 Å². The summed E-state index contributed by atoms with van der Waals surface area (Å²) < 4.78 is 36.8. The number of nitro benzene ring substituents is 1. The lowest BCUT2D eigenvalue weighted by Crippen LogP contribution is -2.06. The van der Waals surface area contributed by atoms with E-state index in [1.165, 1.54) is 0 Å². The average molecular weight is 260 g/mol. The van der Waals surface area contributed by atoms with Crippen LogP contribution in [0.25, 0.3) is 0 Å². The minimum absolute atomic E-state index is 0.310. The maximum Gasteiger partial charge on any atom is 0.418 e. The Hall–Kier alpha value is -1.01. The molecular weight excluding hydrogens is 258 g/mol. The minimum atomic E-state index is -4.74. The molecule has 0 N–H and O–H groups in total. The summed E-state index contributed by atoms with van der Waals surface area (Å²) in [6, 6.07) is 1.01. The fraction of sp³-hybridized carbons (Fsp3) is 0.143. The van der Waals surface area contributed by atoms with Gasteiger partial charge in [-0.2, -0.15) is 13.2 Å². The molecule has 1 aromatic rings. The highest BCUT2D eigenvalue weighted by molar-refractivity contribution is 6.36. The van der Waals surface area contributed by atoms with Crippen LogP contribution in [0.1, 0.15) is 5.56 Å². The molecule has 0 heterocycles. The van der Waals surface area contributed by atoms with E-state index in [1.54, 1.807) is 0 Å². The number of hydrogen-bond donors (Lipinski definition) is 0. The minimum Gasteiger partial charge on any atom is -0.258 e. The highest BCUT2D eigenvalue weighted by Crippen LogP contribution is 2.39. The Balaban J connectivity index is 3.43. The van der Waals surface area contributed by atoms with E-state index in [4.69, 9.17) is 23.2 Å². The largest absolute Gasteiger partial charge is 0.418 e. The highest BCUT2D eigenvalue weighted by atomic mass is 35.5. The van der Waals surface area contributed by atoms with E-state index in [2.05, 4.69) is 0 Å². The fourth-order valence-corrected chi connectivity index (χ4v) is 1.45. The van der Waals surface area contributed by atoms with Crippen LogP contribution >= 0.6 is 23.2 Å². The zero-order valence-electron chi connectivity index (χ0n) is 6.81. The molecule has 0 amide bonds. The van der Waals surface area contributed by atoms with Gasteiger partial charge in [-0.25, -0.2) is 0 Å². The Morgan fingerprint density at radius 2 is 1.73 bits per heavy atom. The standard InChI is InChI=1S/C7H2Cl2F3NO2/c8-4-2-5(9)6(13(14)15)1-3(4)7(10,11)12/h1-2H. The van der Waals surface area contributed by atoms with Crippen LogP contribution in [0.15, 0.2) is 12.1 Å². The lowest BCUT2D eigenvalue weighted by Gasteiger charge is -2.08. The topological polar surface area (TPSA) is 43.1 Å². The molecule has 1 aromatic carbocycles. The average Bonchev–Trinajstić information content (AvgIpc) is 2.00. The first kappa shape index (κ1) is 12.1. The normalized spacial score (nSPS) is 11.5. The van der Waals surface area contributed by atoms with E-state index < -0.39 is 32.4 Å². The third kappa shape index (κ3) is 2.51. The van der Waals surface area contributed by atoms with Crippen molar-refractivity contribution in [1.29, 1.82) is 0 Å². The molecule has 0 aliphatic carbocycles. The first-order valence-electron chi connectivity index (χ1n) is 3.44. The SMILES string of the molecule is O=[N+]([O-])c1cc(C(F)(F)F)c(Cl)cc1Cl. The van der Waals surface area contributed by atoms with Crippen molar-refractivity contribution in [2.75, 3.05) is 0 Å². The second-order valence-electron chi connectivity index (χ2n) is 2.54. The Labute approximate surface area is 91.6 Å². The molecule has 82 valence electrons. The van der Waals surface area contributed by atoms with E-state index in [-0.39, 0.29) is 0 Å². The third-order valence-corrected chi connectivity index (χ3v) is 2.15. The van der Waals surface area contributed by atoms with Gasteiger partial charge in [-0.1, -0.05) is 23.2 Å². The molecule has 0 radical (unpaired) electrons. The Bertz CT molecular complexity index is 419. The number of nitrogens with zero attached hydrogens (tertiary/aromatic N) is 1. The van der Waals surface area contributed by atoms with Crippen molar-refractivity contribution in [3.05, 3.63) is 37.9 Å². The molecule has 0 bridgehead atoms. The van der Waals surface area contributed by atoms with Gasteiger partial charge in [0.1, 0.15) is 5.02 Å². The Morgan fingerprint density at radius 1 is 1.20 bits per heavy atom. The molecule has 0 aliphatic heterocycles. The van der Waals surface area contributed by atoms with Gasteiger partial charge in [0, 0.05) is 6.07 Å². The van der Waals surface area contributed by atoms with E-state index in [0.717, 1.165) is 0 Å². The molecule has 15 heavy (non-hydrogen) atoms. The smallest absolute Gasteiger partial charge is 0.258 e. The van der Waals surface area contributed by atoms with E-state index >= 15 is 0 Å². The van der Waals surface area contributed by atoms with Crippen LogP contribution in [0.3, 0.4) is 0 Å². The molecule has 0 aliphatic rings. The van der Waals surface area contributed by atoms with Crippen molar-refractivity contribution >= 4 is 28.9 Å². The maximum atomic E-state index is 12.3. The maximum absolute atomic E-state index is 12.3. The van der Waals surface area contributed by atoms with Crippen LogP contribution in [0.4, 0.5) is 18.9 Å². The third-order valence-electron chi connectivity index (χ3n) is 1.54. The van der Waals surface area contributed by atoms with Crippen molar-refractivity contribution in [2.24, 2.45) is 0 Å². The Morgan fingerprint density at radius 3 is 2.13 bits per heavy atom. The predicted molar refractivity (Wildman–Crippen MR) is 48.1 cm³/mol. The van der Waals surface area contributed by atoms with Crippen molar-refractivity contribution < 1.29 is 18.1 Å². The number of nitro groups is 1. The van der Waals surface area contributed by atoms with Gasteiger partial charge in [-0.05, 0) is 6.07 Å². The lowest BCUT2D eigenvalue weighted by atomic mass is 10.2. The van der Waals surface area contributed by atoms with Crippen LogP contribution in [0.2, 0.25) is 10.0 Å². The molecular formula is C7H2Cl2F3NO2. The molecule has 0 aromatic heterocycles. The van der Waals surface area contributed by atoms with Crippen LogP contribution in [0.5, 0.6) is 0 Å². The van der Waals surface area contributed by atoms with Crippen LogP contribution in [0, 0.1) is 10.1 Å². The second kappa shape index (κ2) is 3.86. The van der Waals surface area contributed by atoms with Gasteiger partial charge >= 0.3 is 6.18 Å². The molecule has 0 saturated carbocycles. The zero-order chi connectivity index (χ0) is 11.8. The summed E-state index contributed by atoms with van der Waals surface area (Å²) in [5.41, 5.74) is -2.10. The zero-order valence-corrected chi connectivity index (χ0v) is 8.32. The number of alkyl halides is 3. The number of hydrogen-bond acceptors (Lipinski definition) is 2. The monoisotopic (exact) mass is 259 g/mol. The molecule has 0 saturated heterocycles. The van der Waals surface area contributed by atoms with Crippen molar-refractivity contribution in [2.45, 2.75) is 6.18 Å². The van der Waals surface area contributed by atoms with Gasteiger partial charge in [-0.15, -0.1) is 0 Å². The summed E-state index contributed by atoms with van der Waals surface area (Å²) in [7, 11) is 0. The van der Waals surface area contributed by atoms with Gasteiger partial charge in [0.05, 0.1) is 15.5 Å². The van der Waals surface area contributed by atoms with Gasteiger partial charge in [0.15, 0.2) is 0 Å². The van der Waals surface area contributed by atoms with Gasteiger partial charge < -0.3 is 0 Å². The molecule has 0 atom stereocenters. The van der Waals surface area contributed by atoms with Crippen molar-refractivity contribution in [3.63, 3.8) is 0 Å². The van der Waals surface area contributed by atoms with Gasteiger partial charge in [0.2, 0.25) is 0 Å². The Kier molecular flexibility index (Phi) is 3.11. The van der Waals surface area contributed by atoms with E-state index in [1.807, 2.05) is 0 Å². The molecule has 8 heteroatoms. The summed E-state index contributed by atoms with van der Waals surface area (Å²) in [5.74, 6) is 0. The second-order valence-corrected chi connectivity index (χ2v) is 3.35.